The van der Waals surface area contributed by atoms with Gasteiger partial charge in [0.15, 0.2) is 0 Å². The molecule has 2 heterocycles. The number of nitrogens with zero attached hydrogens (tertiary/aromatic N) is 4. The largest absolute Gasteiger partial charge is 0.379 e. The smallest absolute Gasteiger partial charge is 0.295 e. The van der Waals surface area contributed by atoms with Crippen LogP contribution in [0.25, 0.3) is 0 Å². The maximum absolute atomic E-state index is 13.0. The molecular weight excluding hydrogens is 277 g/mol. The van der Waals surface area contributed by atoms with Crippen molar-refractivity contribution in [1.82, 2.24) is 14.8 Å². The van der Waals surface area contributed by atoms with Crippen LogP contribution in [0.4, 0.5) is 15.8 Å². The van der Waals surface area contributed by atoms with E-state index in [1.807, 2.05) is 0 Å². The van der Waals surface area contributed by atoms with Gasteiger partial charge in [-0.05, 0) is 18.6 Å². The Morgan fingerprint density at radius 3 is 3.10 bits per heavy atom. The summed E-state index contributed by atoms with van der Waals surface area (Å²) in [6.07, 6.45) is 2.64. The third-order valence-corrected chi connectivity index (χ3v) is 3.51. The highest BCUT2D eigenvalue weighted by Gasteiger charge is 2.18. The van der Waals surface area contributed by atoms with Crippen LogP contribution in [0.15, 0.2) is 18.2 Å². The second kappa shape index (κ2) is 5.47. The van der Waals surface area contributed by atoms with Gasteiger partial charge in [0.05, 0.1) is 11.0 Å². The van der Waals surface area contributed by atoms with Crippen molar-refractivity contribution < 1.29 is 9.31 Å². The number of nitro benzene ring substituents is 1. The molecule has 0 fully saturated rings. The summed E-state index contributed by atoms with van der Waals surface area (Å²) in [5.74, 6) is 1.25. The van der Waals surface area contributed by atoms with Crippen molar-refractivity contribution in [1.29, 1.82) is 0 Å². The molecule has 2 aromatic rings. The fraction of sp³-hybridized carbons (Fsp3) is 0.385. The Labute approximate surface area is 120 Å². The predicted octanol–water partition coefficient (Wildman–Crippen LogP) is 1.93. The Bertz CT molecular complexity index is 685. The summed E-state index contributed by atoms with van der Waals surface area (Å²) in [6, 6.07) is 3.49. The standard InChI is InChI=1S/C13H14FN5O2/c14-9-3-4-10(11(8-9)19(20)21)15-6-5-13-17-16-12-2-1-7-18(12)13/h3-4,8,15H,1-2,5-7H2. The second-order valence-electron chi connectivity index (χ2n) is 4.88. The monoisotopic (exact) mass is 291 g/mol. The number of benzene rings is 1. The molecular formula is C13H14FN5O2. The van der Waals surface area contributed by atoms with Crippen LogP contribution < -0.4 is 5.32 Å². The van der Waals surface area contributed by atoms with Crippen molar-refractivity contribution >= 4 is 11.4 Å². The van der Waals surface area contributed by atoms with Crippen LogP contribution in [-0.2, 0) is 19.4 Å². The Hall–Kier alpha value is -2.51. The fourth-order valence-corrected chi connectivity index (χ4v) is 2.51. The minimum atomic E-state index is -0.623. The molecule has 21 heavy (non-hydrogen) atoms. The van der Waals surface area contributed by atoms with E-state index in [0.29, 0.717) is 18.7 Å². The third-order valence-electron chi connectivity index (χ3n) is 3.51. The summed E-state index contributed by atoms with van der Waals surface area (Å²) in [5, 5.41) is 22.1. The average Bonchev–Trinajstić information content (AvgIpc) is 3.04. The number of hydrogen-bond donors (Lipinski definition) is 1. The molecule has 7 nitrogen and oxygen atoms in total. The molecule has 0 saturated carbocycles. The summed E-state index contributed by atoms with van der Waals surface area (Å²) in [6.45, 7) is 1.40. The van der Waals surface area contributed by atoms with Crippen molar-refractivity contribution in [2.24, 2.45) is 0 Å². The number of nitrogens with one attached hydrogen (secondary N) is 1. The topological polar surface area (TPSA) is 85.9 Å². The maximum atomic E-state index is 13.0. The molecule has 0 radical (unpaired) electrons. The number of nitro groups is 1. The molecule has 0 unspecified atom stereocenters. The van der Waals surface area contributed by atoms with Crippen molar-refractivity contribution in [3.05, 3.63) is 45.8 Å². The zero-order valence-electron chi connectivity index (χ0n) is 11.3. The lowest BCUT2D eigenvalue weighted by atomic mass is 10.2. The highest BCUT2D eigenvalue weighted by molar-refractivity contribution is 5.61. The van der Waals surface area contributed by atoms with Crippen molar-refractivity contribution in [2.45, 2.75) is 25.8 Å². The number of rotatable bonds is 5. The second-order valence-corrected chi connectivity index (χ2v) is 4.88. The van der Waals surface area contributed by atoms with Crippen molar-refractivity contribution in [2.75, 3.05) is 11.9 Å². The van der Waals surface area contributed by atoms with Gasteiger partial charge in [-0.1, -0.05) is 0 Å². The van der Waals surface area contributed by atoms with E-state index < -0.39 is 10.7 Å². The first-order valence-corrected chi connectivity index (χ1v) is 6.74. The molecule has 8 heteroatoms. The molecule has 1 N–H and O–H groups in total. The van der Waals surface area contributed by atoms with Gasteiger partial charge in [-0.2, -0.15) is 0 Å². The van der Waals surface area contributed by atoms with Gasteiger partial charge in [-0.3, -0.25) is 10.1 Å². The highest BCUT2D eigenvalue weighted by Crippen LogP contribution is 2.25. The Morgan fingerprint density at radius 2 is 2.29 bits per heavy atom. The summed E-state index contributed by atoms with van der Waals surface area (Å²) in [4.78, 5) is 10.3. The lowest BCUT2D eigenvalue weighted by molar-refractivity contribution is -0.384. The van der Waals surface area contributed by atoms with Gasteiger partial charge in [-0.25, -0.2) is 4.39 Å². The highest BCUT2D eigenvalue weighted by atomic mass is 19.1. The van der Waals surface area contributed by atoms with Crippen LogP contribution in [0.2, 0.25) is 0 Å². The van der Waals surface area contributed by atoms with E-state index in [4.69, 9.17) is 0 Å². The molecule has 0 amide bonds. The molecule has 0 bridgehead atoms. The van der Waals surface area contributed by atoms with E-state index in [9.17, 15) is 14.5 Å². The quantitative estimate of drug-likeness (QED) is 0.672. The normalized spacial score (nSPS) is 13.2. The summed E-state index contributed by atoms with van der Waals surface area (Å²) < 4.78 is 15.1. The predicted molar refractivity (Wildman–Crippen MR) is 73.6 cm³/mol. The summed E-state index contributed by atoms with van der Waals surface area (Å²) >= 11 is 0. The van der Waals surface area contributed by atoms with Gasteiger partial charge < -0.3 is 9.88 Å². The zero-order chi connectivity index (χ0) is 14.8. The SMILES string of the molecule is O=[N+]([O-])c1cc(F)ccc1NCCc1nnc2n1CCC2. The van der Waals surface area contributed by atoms with Gasteiger partial charge in [-0.15, -0.1) is 10.2 Å². The van der Waals surface area contributed by atoms with E-state index in [0.717, 1.165) is 37.1 Å². The Morgan fingerprint density at radius 1 is 1.43 bits per heavy atom. The molecule has 0 saturated heterocycles. The van der Waals surface area contributed by atoms with Crippen LogP contribution >= 0.6 is 0 Å². The van der Waals surface area contributed by atoms with Crippen molar-refractivity contribution in [3.8, 4) is 0 Å². The molecule has 0 spiro atoms. The Balaban J connectivity index is 1.67. The summed E-state index contributed by atoms with van der Waals surface area (Å²) in [5.41, 5.74) is 0.0454. The molecule has 1 aliphatic heterocycles. The van der Waals surface area contributed by atoms with E-state index in [2.05, 4.69) is 20.1 Å². The fourth-order valence-electron chi connectivity index (χ4n) is 2.51. The number of fused-ring (bicyclic) bond motifs is 1. The van der Waals surface area contributed by atoms with E-state index in [1.54, 1.807) is 0 Å². The van der Waals surface area contributed by atoms with Crippen LogP contribution in [0.1, 0.15) is 18.1 Å². The molecule has 1 aliphatic rings. The summed E-state index contributed by atoms with van der Waals surface area (Å²) in [7, 11) is 0. The lowest BCUT2D eigenvalue weighted by Gasteiger charge is -2.07. The first-order chi connectivity index (χ1) is 10.1. The van der Waals surface area contributed by atoms with Gasteiger partial charge in [0.2, 0.25) is 0 Å². The van der Waals surface area contributed by atoms with E-state index in [1.165, 1.54) is 12.1 Å². The van der Waals surface area contributed by atoms with Gasteiger partial charge >= 0.3 is 0 Å². The molecule has 1 aromatic heterocycles. The minimum Gasteiger partial charge on any atom is -0.379 e. The maximum Gasteiger partial charge on any atom is 0.295 e. The molecule has 1 aromatic carbocycles. The van der Waals surface area contributed by atoms with Crippen molar-refractivity contribution in [3.63, 3.8) is 0 Å². The van der Waals surface area contributed by atoms with Crippen LogP contribution in [0.5, 0.6) is 0 Å². The van der Waals surface area contributed by atoms with Crippen LogP contribution in [-0.4, -0.2) is 26.2 Å². The van der Waals surface area contributed by atoms with Gasteiger partial charge in [0.25, 0.3) is 5.69 Å². The number of anilines is 1. The van der Waals surface area contributed by atoms with Gasteiger partial charge in [0, 0.05) is 25.9 Å². The van der Waals surface area contributed by atoms with Crippen LogP contribution in [0, 0.1) is 15.9 Å². The first kappa shape index (κ1) is 13.5. The van der Waals surface area contributed by atoms with Crippen LogP contribution in [0.3, 0.4) is 0 Å². The lowest BCUT2D eigenvalue weighted by Crippen LogP contribution is -2.11. The Kier molecular flexibility index (Phi) is 3.51. The third kappa shape index (κ3) is 2.69. The molecule has 0 aliphatic carbocycles. The molecule has 0 atom stereocenters. The molecule has 110 valence electrons. The minimum absolute atomic E-state index is 0.263. The van der Waals surface area contributed by atoms with E-state index in [-0.39, 0.29) is 5.69 Å². The number of aromatic nitrogens is 3. The van der Waals surface area contributed by atoms with E-state index >= 15 is 0 Å². The first-order valence-electron chi connectivity index (χ1n) is 6.74. The average molecular weight is 291 g/mol. The van der Waals surface area contributed by atoms with Gasteiger partial charge in [0.1, 0.15) is 23.2 Å². The number of aryl methyl sites for hydroxylation is 1. The zero-order valence-corrected chi connectivity index (χ0v) is 11.3. The number of hydrogen-bond acceptors (Lipinski definition) is 5. The number of halogens is 1. The molecule has 3 rings (SSSR count).